The minimum Gasteiger partial charge on any atom is -0.492 e. The molecule has 1 aliphatic heterocycles. The van der Waals surface area contributed by atoms with Crippen LogP contribution in [-0.4, -0.2) is 28.2 Å². The third-order valence-electron chi connectivity index (χ3n) is 4.67. The molecule has 1 aromatic heterocycles. The van der Waals surface area contributed by atoms with Crippen LogP contribution >= 0.6 is 15.9 Å². The summed E-state index contributed by atoms with van der Waals surface area (Å²) in [7, 11) is 0. The summed E-state index contributed by atoms with van der Waals surface area (Å²) in [6, 6.07) is 8.95. The van der Waals surface area contributed by atoms with E-state index in [1.165, 1.54) is 10.9 Å². The predicted molar refractivity (Wildman–Crippen MR) is 114 cm³/mol. The predicted octanol–water partition coefficient (Wildman–Crippen LogP) is 3.52. The number of carbonyl (C=O) groups excluding carboxylic acids is 1. The fourth-order valence-corrected chi connectivity index (χ4v) is 3.76. The highest BCUT2D eigenvalue weighted by Crippen LogP contribution is 2.38. The molecule has 29 heavy (non-hydrogen) atoms. The van der Waals surface area contributed by atoms with Crippen molar-refractivity contribution in [2.24, 2.45) is 0 Å². The number of rotatable bonds is 5. The van der Waals surface area contributed by atoms with E-state index in [0.717, 1.165) is 22.2 Å². The highest BCUT2D eigenvalue weighted by Gasteiger charge is 2.22. The number of anilines is 1. The van der Waals surface area contributed by atoms with Gasteiger partial charge in [0.25, 0.3) is 5.56 Å². The highest BCUT2D eigenvalue weighted by atomic mass is 79.9. The Labute approximate surface area is 175 Å². The first-order valence-electron chi connectivity index (χ1n) is 9.35. The third-order valence-corrected chi connectivity index (χ3v) is 5.17. The molecule has 1 amide bonds. The molecule has 1 N–H and O–H groups in total. The normalized spacial score (nSPS) is 15.1. The summed E-state index contributed by atoms with van der Waals surface area (Å²) in [5.41, 5.74) is 1.88. The van der Waals surface area contributed by atoms with Crippen molar-refractivity contribution in [3.8, 4) is 11.5 Å². The van der Waals surface area contributed by atoms with Crippen LogP contribution in [0.4, 0.5) is 5.69 Å². The van der Waals surface area contributed by atoms with Crippen molar-refractivity contribution in [3.05, 3.63) is 57.0 Å². The van der Waals surface area contributed by atoms with E-state index in [2.05, 4.69) is 26.2 Å². The number of aromatic nitrogens is 2. The van der Waals surface area contributed by atoms with Crippen molar-refractivity contribution in [2.75, 3.05) is 11.9 Å². The van der Waals surface area contributed by atoms with Gasteiger partial charge < -0.3 is 14.8 Å². The lowest BCUT2D eigenvalue weighted by Gasteiger charge is -2.14. The van der Waals surface area contributed by atoms with Crippen LogP contribution in [0.5, 0.6) is 11.5 Å². The minimum absolute atomic E-state index is 0.0898. The second-order valence-corrected chi connectivity index (χ2v) is 7.82. The number of amides is 1. The molecule has 7 nitrogen and oxygen atoms in total. The Kier molecular flexibility index (Phi) is 5.27. The molecule has 2 aromatic carbocycles. The lowest BCUT2D eigenvalue weighted by Crippen LogP contribution is -2.28. The van der Waals surface area contributed by atoms with E-state index in [1.54, 1.807) is 18.2 Å². The van der Waals surface area contributed by atoms with Crippen molar-refractivity contribution in [1.82, 2.24) is 9.55 Å². The van der Waals surface area contributed by atoms with Gasteiger partial charge in [-0.2, -0.15) is 0 Å². The molecule has 0 aliphatic carbocycles. The Morgan fingerprint density at radius 2 is 2.21 bits per heavy atom. The molecule has 0 unspecified atom stereocenters. The zero-order chi connectivity index (χ0) is 20.5. The van der Waals surface area contributed by atoms with Crippen molar-refractivity contribution in [1.29, 1.82) is 0 Å². The first-order chi connectivity index (χ1) is 13.9. The summed E-state index contributed by atoms with van der Waals surface area (Å²) in [4.78, 5) is 29.6. The van der Waals surface area contributed by atoms with Crippen molar-refractivity contribution < 1.29 is 14.3 Å². The van der Waals surface area contributed by atoms with Crippen LogP contribution in [0.3, 0.4) is 0 Å². The van der Waals surface area contributed by atoms with Gasteiger partial charge in [-0.3, -0.25) is 14.2 Å². The molecule has 0 radical (unpaired) electrons. The van der Waals surface area contributed by atoms with E-state index in [-0.39, 0.29) is 24.1 Å². The van der Waals surface area contributed by atoms with Crippen LogP contribution < -0.4 is 20.3 Å². The Hall–Kier alpha value is -2.87. The first-order valence-corrected chi connectivity index (χ1v) is 10.1. The van der Waals surface area contributed by atoms with E-state index in [9.17, 15) is 9.59 Å². The topological polar surface area (TPSA) is 82.5 Å². The van der Waals surface area contributed by atoms with E-state index in [0.29, 0.717) is 28.9 Å². The van der Waals surface area contributed by atoms with Gasteiger partial charge in [0.2, 0.25) is 5.91 Å². The summed E-state index contributed by atoms with van der Waals surface area (Å²) < 4.78 is 13.5. The van der Waals surface area contributed by atoms with Crippen LogP contribution in [0.15, 0.2) is 45.9 Å². The highest BCUT2D eigenvalue weighted by molar-refractivity contribution is 9.10. The molecule has 2 heterocycles. The van der Waals surface area contributed by atoms with Gasteiger partial charge in [0.1, 0.15) is 24.1 Å². The standard InChI is InChI=1S/C21H20BrN3O4/c1-3-28-19-7-13-6-12(2)29-18(13)9-17(19)24-20(26)10-25-11-23-16-5-4-14(22)8-15(16)21(25)27/h4-5,7-9,11-12H,3,6,10H2,1-2H3,(H,24,26)/t12-/m1/s1. The maximum absolute atomic E-state index is 12.7. The smallest absolute Gasteiger partial charge is 0.261 e. The van der Waals surface area contributed by atoms with E-state index < -0.39 is 0 Å². The van der Waals surface area contributed by atoms with Crippen LogP contribution in [0.25, 0.3) is 10.9 Å². The van der Waals surface area contributed by atoms with Crippen LogP contribution in [0.1, 0.15) is 19.4 Å². The lowest BCUT2D eigenvalue weighted by atomic mass is 10.1. The van der Waals surface area contributed by atoms with Crippen molar-refractivity contribution in [2.45, 2.75) is 32.9 Å². The van der Waals surface area contributed by atoms with Gasteiger partial charge in [0.15, 0.2) is 0 Å². The molecule has 0 spiro atoms. The fraction of sp³-hybridized carbons (Fsp3) is 0.286. The van der Waals surface area contributed by atoms with Gasteiger partial charge in [0.05, 0.1) is 29.5 Å². The van der Waals surface area contributed by atoms with Crippen LogP contribution in [0.2, 0.25) is 0 Å². The molecule has 150 valence electrons. The molecule has 8 heteroatoms. The summed E-state index contributed by atoms with van der Waals surface area (Å²) in [6.07, 6.45) is 2.28. The summed E-state index contributed by atoms with van der Waals surface area (Å²) in [5, 5.41) is 3.28. The zero-order valence-electron chi connectivity index (χ0n) is 16.1. The average molecular weight is 458 g/mol. The molecule has 1 aliphatic rings. The second kappa shape index (κ2) is 7.87. The number of benzene rings is 2. The van der Waals surface area contributed by atoms with Gasteiger partial charge in [-0.05, 0) is 38.1 Å². The number of carbonyl (C=O) groups is 1. The molecule has 1 atom stereocenters. The summed E-state index contributed by atoms with van der Waals surface area (Å²) in [5.74, 6) is 0.978. The molecule has 4 rings (SSSR count). The molecule has 0 saturated carbocycles. The van der Waals surface area contributed by atoms with Crippen LogP contribution in [-0.2, 0) is 17.8 Å². The maximum Gasteiger partial charge on any atom is 0.261 e. The van der Waals surface area contributed by atoms with Gasteiger partial charge in [0, 0.05) is 22.5 Å². The second-order valence-electron chi connectivity index (χ2n) is 6.91. The van der Waals surface area contributed by atoms with E-state index >= 15 is 0 Å². The first kappa shape index (κ1) is 19.4. The molecular formula is C21H20BrN3O4. The van der Waals surface area contributed by atoms with Gasteiger partial charge in [-0.25, -0.2) is 4.98 Å². The van der Waals surface area contributed by atoms with Gasteiger partial charge >= 0.3 is 0 Å². The quantitative estimate of drug-likeness (QED) is 0.633. The fourth-order valence-electron chi connectivity index (χ4n) is 3.40. The lowest BCUT2D eigenvalue weighted by molar-refractivity contribution is -0.116. The van der Waals surface area contributed by atoms with Gasteiger partial charge in [-0.15, -0.1) is 0 Å². The Balaban J connectivity index is 1.59. The molecule has 0 bridgehead atoms. The number of nitrogens with zero attached hydrogens (tertiary/aromatic N) is 2. The number of fused-ring (bicyclic) bond motifs is 2. The summed E-state index contributed by atoms with van der Waals surface area (Å²) >= 11 is 3.36. The van der Waals surface area contributed by atoms with Gasteiger partial charge in [-0.1, -0.05) is 15.9 Å². The number of hydrogen-bond acceptors (Lipinski definition) is 5. The maximum atomic E-state index is 12.7. The van der Waals surface area contributed by atoms with Crippen LogP contribution in [0, 0.1) is 0 Å². The van der Waals surface area contributed by atoms with E-state index in [4.69, 9.17) is 9.47 Å². The number of nitrogens with one attached hydrogen (secondary N) is 1. The molecular weight excluding hydrogens is 438 g/mol. The largest absolute Gasteiger partial charge is 0.492 e. The number of halogens is 1. The zero-order valence-corrected chi connectivity index (χ0v) is 17.7. The Morgan fingerprint density at radius 1 is 1.38 bits per heavy atom. The Bertz CT molecular complexity index is 1160. The average Bonchev–Trinajstić information content (AvgIpc) is 3.04. The Morgan fingerprint density at radius 3 is 3.00 bits per heavy atom. The van der Waals surface area contributed by atoms with E-state index in [1.807, 2.05) is 26.0 Å². The monoisotopic (exact) mass is 457 g/mol. The third kappa shape index (κ3) is 3.98. The number of hydrogen-bond donors (Lipinski definition) is 1. The van der Waals surface area contributed by atoms with Crippen molar-refractivity contribution in [3.63, 3.8) is 0 Å². The molecule has 3 aromatic rings. The molecule has 0 fully saturated rings. The minimum atomic E-state index is -0.352. The number of ether oxygens (including phenoxy) is 2. The molecule has 0 saturated heterocycles. The summed E-state index contributed by atoms with van der Waals surface area (Å²) in [6.45, 7) is 4.20. The van der Waals surface area contributed by atoms with Crippen molar-refractivity contribution >= 4 is 38.4 Å². The SMILES string of the molecule is CCOc1cc2c(cc1NC(=O)Cn1cnc3ccc(Br)cc3c1=O)O[C@H](C)C2.